The fourth-order valence-electron chi connectivity index (χ4n) is 2.60. The number of hydrogen-bond donors (Lipinski definition) is 1. The molecule has 1 aromatic carbocycles. The lowest BCUT2D eigenvalue weighted by Crippen LogP contribution is -2.45. The van der Waals surface area contributed by atoms with Gasteiger partial charge in [0, 0.05) is 19.0 Å². The normalized spacial score (nSPS) is 23.3. The summed E-state index contributed by atoms with van der Waals surface area (Å²) in [5, 5.41) is 9.34. The van der Waals surface area contributed by atoms with E-state index >= 15 is 0 Å². The zero-order valence-corrected chi connectivity index (χ0v) is 10.6. The first-order chi connectivity index (χ1) is 8.97. The molecule has 2 atom stereocenters. The summed E-state index contributed by atoms with van der Waals surface area (Å²) in [6.45, 7) is 1.73. The smallest absolute Gasteiger partial charge is 0.383 e. The van der Waals surface area contributed by atoms with Crippen molar-refractivity contribution < 1.29 is 18.3 Å². The lowest BCUT2D eigenvalue weighted by Gasteiger charge is -2.35. The molecule has 1 fully saturated rings. The zero-order chi connectivity index (χ0) is 13.9. The van der Waals surface area contributed by atoms with Crippen LogP contribution in [0.15, 0.2) is 30.3 Å². The van der Waals surface area contributed by atoms with E-state index < -0.39 is 18.2 Å². The highest BCUT2D eigenvalue weighted by Gasteiger charge is 2.44. The van der Waals surface area contributed by atoms with Gasteiger partial charge in [0.1, 0.15) is 0 Å². The highest BCUT2D eigenvalue weighted by atomic mass is 19.4. The fraction of sp³-hybridized carbons (Fsp3) is 0.571. The van der Waals surface area contributed by atoms with E-state index in [1.807, 2.05) is 35.2 Å². The molecule has 0 bridgehead atoms. The van der Waals surface area contributed by atoms with E-state index in [0.29, 0.717) is 25.9 Å². The van der Waals surface area contributed by atoms with Crippen LogP contribution in [0.5, 0.6) is 0 Å². The summed E-state index contributed by atoms with van der Waals surface area (Å²) < 4.78 is 37.6. The molecule has 1 aromatic rings. The molecule has 0 radical (unpaired) electrons. The van der Waals surface area contributed by atoms with Crippen molar-refractivity contribution in [2.24, 2.45) is 5.92 Å². The van der Waals surface area contributed by atoms with Gasteiger partial charge >= 0.3 is 6.18 Å². The molecule has 19 heavy (non-hydrogen) atoms. The summed E-state index contributed by atoms with van der Waals surface area (Å²) in [7, 11) is 0. The number of aliphatic hydroxyl groups is 1. The number of piperidine rings is 1. The van der Waals surface area contributed by atoms with Gasteiger partial charge in [-0.1, -0.05) is 30.3 Å². The van der Waals surface area contributed by atoms with Gasteiger partial charge in [-0.25, -0.2) is 0 Å². The molecule has 106 valence electrons. The minimum atomic E-state index is -4.51. The van der Waals surface area contributed by atoms with Crippen LogP contribution >= 0.6 is 0 Å². The van der Waals surface area contributed by atoms with Crippen LogP contribution in [-0.2, 0) is 6.54 Å². The first-order valence-electron chi connectivity index (χ1n) is 6.48. The Labute approximate surface area is 110 Å². The third kappa shape index (κ3) is 3.94. The standard InChI is InChI=1S/C14H18F3NO/c15-14(16,17)13(19)12-7-4-8-18(10-12)9-11-5-2-1-3-6-11/h1-3,5-6,12-13,19H,4,7-10H2/t12-,13-/m1/s1. The van der Waals surface area contributed by atoms with Gasteiger partial charge in [-0.2, -0.15) is 13.2 Å². The number of likely N-dealkylation sites (tertiary alicyclic amines) is 1. The maximum absolute atomic E-state index is 12.5. The van der Waals surface area contributed by atoms with E-state index in [1.54, 1.807) is 0 Å². The Kier molecular flexibility index (Phi) is 4.47. The number of alkyl halides is 3. The predicted molar refractivity (Wildman–Crippen MR) is 66.5 cm³/mol. The zero-order valence-electron chi connectivity index (χ0n) is 10.6. The molecule has 0 unspecified atom stereocenters. The third-order valence-corrected chi connectivity index (χ3v) is 3.57. The van der Waals surface area contributed by atoms with Crippen LogP contribution in [0.1, 0.15) is 18.4 Å². The van der Waals surface area contributed by atoms with Crippen molar-refractivity contribution in [2.75, 3.05) is 13.1 Å². The van der Waals surface area contributed by atoms with Crippen molar-refractivity contribution in [3.63, 3.8) is 0 Å². The maximum atomic E-state index is 12.5. The van der Waals surface area contributed by atoms with Crippen LogP contribution in [0.3, 0.4) is 0 Å². The molecule has 0 spiro atoms. The minimum Gasteiger partial charge on any atom is -0.383 e. The topological polar surface area (TPSA) is 23.5 Å². The molecule has 0 aromatic heterocycles. The second-order valence-electron chi connectivity index (χ2n) is 5.11. The molecule has 1 aliphatic rings. The Morgan fingerprint density at radius 3 is 2.58 bits per heavy atom. The second-order valence-corrected chi connectivity index (χ2v) is 5.11. The summed E-state index contributed by atoms with van der Waals surface area (Å²) in [6, 6.07) is 9.67. The molecule has 1 heterocycles. The van der Waals surface area contributed by atoms with Crippen LogP contribution < -0.4 is 0 Å². The summed E-state index contributed by atoms with van der Waals surface area (Å²) in [5.41, 5.74) is 1.09. The summed E-state index contributed by atoms with van der Waals surface area (Å²) in [5.74, 6) is -0.711. The highest BCUT2D eigenvalue weighted by Crippen LogP contribution is 2.31. The molecule has 0 amide bonds. The van der Waals surface area contributed by atoms with E-state index in [0.717, 1.165) is 12.1 Å². The molecule has 0 aliphatic carbocycles. The molecule has 1 aliphatic heterocycles. The lowest BCUT2D eigenvalue weighted by atomic mass is 9.92. The molecule has 5 heteroatoms. The SMILES string of the molecule is O[C@H]([C@@H]1CCCN(Cc2ccccc2)C1)C(F)(F)F. The van der Waals surface area contributed by atoms with Crippen LogP contribution in [0.4, 0.5) is 13.2 Å². The van der Waals surface area contributed by atoms with Gasteiger partial charge in [0.05, 0.1) is 0 Å². The van der Waals surface area contributed by atoms with Gasteiger partial charge in [0.15, 0.2) is 6.10 Å². The molecule has 1 saturated heterocycles. The van der Waals surface area contributed by atoms with E-state index in [2.05, 4.69) is 0 Å². The van der Waals surface area contributed by atoms with Crippen LogP contribution in [0.2, 0.25) is 0 Å². The molecular weight excluding hydrogens is 255 g/mol. The van der Waals surface area contributed by atoms with E-state index in [-0.39, 0.29) is 0 Å². The summed E-state index contributed by atoms with van der Waals surface area (Å²) in [6.07, 6.45) is -5.58. The van der Waals surface area contributed by atoms with Gasteiger partial charge < -0.3 is 5.11 Å². The fourth-order valence-corrected chi connectivity index (χ4v) is 2.60. The molecular formula is C14H18F3NO. The van der Waals surface area contributed by atoms with Crippen LogP contribution in [0, 0.1) is 5.92 Å². The first kappa shape index (κ1) is 14.3. The number of benzene rings is 1. The van der Waals surface area contributed by atoms with E-state index in [9.17, 15) is 18.3 Å². The Morgan fingerprint density at radius 1 is 1.26 bits per heavy atom. The first-order valence-corrected chi connectivity index (χ1v) is 6.48. The second kappa shape index (κ2) is 5.92. The van der Waals surface area contributed by atoms with Gasteiger partial charge in [0.2, 0.25) is 0 Å². The third-order valence-electron chi connectivity index (χ3n) is 3.57. The Morgan fingerprint density at radius 2 is 1.95 bits per heavy atom. The highest BCUT2D eigenvalue weighted by molar-refractivity contribution is 5.14. The monoisotopic (exact) mass is 273 g/mol. The molecule has 2 rings (SSSR count). The Hall–Kier alpha value is -1.07. The van der Waals surface area contributed by atoms with Crippen molar-refractivity contribution in [1.29, 1.82) is 0 Å². The quantitative estimate of drug-likeness (QED) is 0.915. The number of rotatable bonds is 3. The largest absolute Gasteiger partial charge is 0.414 e. The van der Waals surface area contributed by atoms with Crippen molar-refractivity contribution in [1.82, 2.24) is 4.90 Å². The van der Waals surface area contributed by atoms with Crippen molar-refractivity contribution in [3.8, 4) is 0 Å². The lowest BCUT2D eigenvalue weighted by molar-refractivity contribution is -0.223. The minimum absolute atomic E-state index is 0.301. The average molecular weight is 273 g/mol. The molecule has 1 N–H and O–H groups in total. The predicted octanol–water partition coefficient (Wildman–Crippen LogP) is 2.82. The molecule has 0 saturated carbocycles. The Balaban J connectivity index is 1.94. The van der Waals surface area contributed by atoms with Gasteiger partial charge in [-0.15, -0.1) is 0 Å². The van der Waals surface area contributed by atoms with Gasteiger partial charge in [0.25, 0.3) is 0 Å². The van der Waals surface area contributed by atoms with Crippen molar-refractivity contribution >= 4 is 0 Å². The van der Waals surface area contributed by atoms with Gasteiger partial charge in [-0.3, -0.25) is 4.90 Å². The van der Waals surface area contributed by atoms with Gasteiger partial charge in [-0.05, 0) is 24.9 Å². The van der Waals surface area contributed by atoms with Crippen LogP contribution in [-0.4, -0.2) is 35.4 Å². The van der Waals surface area contributed by atoms with E-state index in [4.69, 9.17) is 0 Å². The summed E-state index contributed by atoms with van der Waals surface area (Å²) >= 11 is 0. The number of aliphatic hydroxyl groups excluding tert-OH is 1. The van der Waals surface area contributed by atoms with Crippen molar-refractivity contribution in [2.45, 2.75) is 31.7 Å². The van der Waals surface area contributed by atoms with Crippen LogP contribution in [0.25, 0.3) is 0 Å². The number of hydrogen-bond acceptors (Lipinski definition) is 2. The Bertz CT molecular complexity index is 393. The molecule has 2 nitrogen and oxygen atoms in total. The average Bonchev–Trinajstić information content (AvgIpc) is 2.38. The summed E-state index contributed by atoms with van der Waals surface area (Å²) in [4.78, 5) is 1.98. The van der Waals surface area contributed by atoms with E-state index in [1.165, 1.54) is 0 Å². The number of nitrogens with zero attached hydrogens (tertiary/aromatic N) is 1. The maximum Gasteiger partial charge on any atom is 0.414 e. The van der Waals surface area contributed by atoms with Crippen molar-refractivity contribution in [3.05, 3.63) is 35.9 Å². The number of halogens is 3.